The summed E-state index contributed by atoms with van der Waals surface area (Å²) in [5.41, 5.74) is 1.62. The van der Waals surface area contributed by atoms with Gasteiger partial charge in [-0.15, -0.1) is 4.99 Å². The molecule has 3 rings (SSSR count). The average molecular weight is 419 g/mol. The van der Waals surface area contributed by atoms with Gasteiger partial charge in [0.15, 0.2) is 0 Å². The Morgan fingerprint density at radius 1 is 1.10 bits per heavy atom. The second kappa shape index (κ2) is 12.3. The molecule has 1 aromatic heterocycles. The first-order valence-corrected chi connectivity index (χ1v) is 11.0. The van der Waals surface area contributed by atoms with Crippen molar-refractivity contribution in [3.63, 3.8) is 0 Å². The number of guanidine groups is 1. The van der Waals surface area contributed by atoms with Gasteiger partial charge in [0, 0.05) is 43.3 Å². The summed E-state index contributed by atoms with van der Waals surface area (Å²) in [7, 11) is 0. The molecule has 1 fully saturated rings. The Labute approximate surface area is 184 Å². The average Bonchev–Trinajstić information content (AvgIpc) is 2.82. The van der Waals surface area contributed by atoms with Crippen molar-refractivity contribution >= 4 is 17.6 Å². The van der Waals surface area contributed by atoms with Crippen molar-refractivity contribution in [2.24, 2.45) is 10.9 Å². The predicted molar refractivity (Wildman–Crippen MR) is 122 cm³/mol. The number of nitrogens with zero attached hydrogens (tertiary/aromatic N) is 4. The number of pyridine rings is 1. The van der Waals surface area contributed by atoms with Gasteiger partial charge in [-0.3, -0.25) is 9.78 Å². The molecule has 2 aromatic rings. The lowest BCUT2D eigenvalue weighted by molar-refractivity contribution is 0.0685. The number of benzene rings is 1. The van der Waals surface area contributed by atoms with E-state index >= 15 is 0 Å². The fourth-order valence-electron chi connectivity index (χ4n) is 3.86. The van der Waals surface area contributed by atoms with Crippen LogP contribution in [0.4, 0.5) is 5.69 Å². The van der Waals surface area contributed by atoms with Crippen LogP contribution in [0.25, 0.3) is 0 Å². The number of hydrogen-bond donors (Lipinski definition) is 2. The van der Waals surface area contributed by atoms with E-state index < -0.39 is 0 Å². The fraction of sp³-hybridized carbons (Fsp3) is 0.417. The molecule has 0 saturated carbocycles. The topological polar surface area (TPSA) is 93.4 Å². The van der Waals surface area contributed by atoms with Gasteiger partial charge in [0.1, 0.15) is 0 Å². The number of aromatic nitrogens is 1. The summed E-state index contributed by atoms with van der Waals surface area (Å²) in [4.78, 5) is 22.3. The molecule has 0 spiro atoms. The van der Waals surface area contributed by atoms with Crippen molar-refractivity contribution < 1.29 is 4.79 Å². The van der Waals surface area contributed by atoms with Crippen molar-refractivity contribution in [1.29, 1.82) is 5.26 Å². The smallest absolute Gasteiger partial charge is 0.253 e. The van der Waals surface area contributed by atoms with Crippen molar-refractivity contribution in [3.8, 4) is 6.19 Å². The van der Waals surface area contributed by atoms with Gasteiger partial charge in [0.2, 0.25) is 12.2 Å². The van der Waals surface area contributed by atoms with E-state index in [9.17, 15) is 4.79 Å². The van der Waals surface area contributed by atoms with Crippen LogP contribution in [0.5, 0.6) is 0 Å². The summed E-state index contributed by atoms with van der Waals surface area (Å²) in [5, 5.41) is 15.1. The molecule has 0 bridgehead atoms. The number of nitriles is 1. The number of rotatable bonds is 8. The molecule has 0 aliphatic carbocycles. The van der Waals surface area contributed by atoms with E-state index in [-0.39, 0.29) is 5.91 Å². The van der Waals surface area contributed by atoms with Crippen LogP contribution in [0.3, 0.4) is 0 Å². The molecule has 1 saturated heterocycles. The lowest BCUT2D eigenvalue weighted by atomic mass is 9.91. The van der Waals surface area contributed by atoms with E-state index in [0.717, 1.165) is 56.6 Å². The van der Waals surface area contributed by atoms with Crippen molar-refractivity contribution in [2.45, 2.75) is 38.5 Å². The van der Waals surface area contributed by atoms with Crippen molar-refractivity contribution in [3.05, 3.63) is 60.4 Å². The van der Waals surface area contributed by atoms with E-state index in [1.165, 1.54) is 12.8 Å². The second-order valence-electron chi connectivity index (χ2n) is 7.80. The largest absolute Gasteiger partial charge is 0.355 e. The number of anilines is 1. The number of aliphatic imine (C=N–C) groups is 1. The van der Waals surface area contributed by atoms with Crippen LogP contribution < -0.4 is 10.6 Å². The molecule has 1 aromatic carbocycles. The van der Waals surface area contributed by atoms with Gasteiger partial charge in [-0.05, 0) is 49.4 Å². The summed E-state index contributed by atoms with van der Waals surface area (Å²) in [6, 6.07) is 13.2. The molecule has 0 atom stereocenters. The third kappa shape index (κ3) is 7.41. The monoisotopic (exact) mass is 418 g/mol. The zero-order valence-electron chi connectivity index (χ0n) is 17.8. The summed E-state index contributed by atoms with van der Waals surface area (Å²) < 4.78 is 0. The second-order valence-corrected chi connectivity index (χ2v) is 7.80. The number of amides is 1. The molecule has 31 heavy (non-hydrogen) atoms. The molecule has 2 N–H and O–H groups in total. The normalized spacial score (nSPS) is 14.7. The number of likely N-dealkylation sites (tertiary alicyclic amines) is 1. The van der Waals surface area contributed by atoms with Crippen LogP contribution >= 0.6 is 0 Å². The minimum atomic E-state index is 0.153. The molecular weight excluding hydrogens is 388 g/mol. The Morgan fingerprint density at radius 2 is 1.84 bits per heavy atom. The highest BCUT2D eigenvalue weighted by molar-refractivity contribution is 5.94. The zero-order valence-corrected chi connectivity index (χ0v) is 17.8. The molecule has 1 aliphatic heterocycles. The number of carbonyl (C=O) groups is 1. The van der Waals surface area contributed by atoms with Gasteiger partial charge < -0.3 is 15.5 Å². The van der Waals surface area contributed by atoms with E-state index in [1.807, 2.05) is 53.6 Å². The number of carbonyl (C=O) groups excluding carboxylic acids is 1. The van der Waals surface area contributed by atoms with Crippen LogP contribution in [0.1, 0.15) is 48.9 Å². The fourth-order valence-corrected chi connectivity index (χ4v) is 3.86. The van der Waals surface area contributed by atoms with E-state index in [4.69, 9.17) is 5.26 Å². The van der Waals surface area contributed by atoms with Gasteiger partial charge in [0.05, 0.1) is 0 Å². The number of hydrogen-bond acceptors (Lipinski definition) is 4. The maximum atomic E-state index is 12.5. The molecular formula is C24H30N6O. The highest BCUT2D eigenvalue weighted by Gasteiger charge is 2.23. The van der Waals surface area contributed by atoms with E-state index in [2.05, 4.69) is 20.6 Å². The van der Waals surface area contributed by atoms with Gasteiger partial charge in [-0.25, -0.2) is 0 Å². The van der Waals surface area contributed by atoms with Gasteiger partial charge in [-0.2, -0.15) is 5.26 Å². The molecule has 0 unspecified atom stereocenters. The molecule has 7 nitrogen and oxygen atoms in total. The Kier molecular flexibility index (Phi) is 8.87. The summed E-state index contributed by atoms with van der Waals surface area (Å²) in [6.07, 6.45) is 11.9. The summed E-state index contributed by atoms with van der Waals surface area (Å²) in [6.45, 7) is 2.48. The highest BCUT2D eigenvalue weighted by Crippen LogP contribution is 2.24. The standard InChI is InChI=1S/C24H30N6O/c25-19-28-24(29-22-10-15-26-16-11-22)27-14-6-2-3-7-20-12-17-30(18-13-20)23(31)21-8-4-1-5-9-21/h1,4-5,8-11,15-16,20H,2-3,6-7,12-14,17-18H2,(H2,26,27,28,29). The Hall–Kier alpha value is -3.40. The van der Waals surface area contributed by atoms with E-state index in [0.29, 0.717) is 11.9 Å². The minimum absolute atomic E-state index is 0.153. The minimum Gasteiger partial charge on any atom is -0.355 e. The molecule has 0 radical (unpaired) electrons. The van der Waals surface area contributed by atoms with E-state index in [1.54, 1.807) is 12.4 Å². The quantitative estimate of drug-likeness (QED) is 0.292. The lowest BCUT2D eigenvalue weighted by Crippen LogP contribution is -2.38. The first kappa shape index (κ1) is 22.3. The first-order valence-electron chi connectivity index (χ1n) is 11.0. The van der Waals surface area contributed by atoms with Crippen LogP contribution in [0, 0.1) is 17.4 Å². The summed E-state index contributed by atoms with van der Waals surface area (Å²) >= 11 is 0. The molecule has 1 aliphatic rings. The molecule has 162 valence electrons. The first-order chi connectivity index (χ1) is 15.3. The molecule has 7 heteroatoms. The van der Waals surface area contributed by atoms with Crippen LogP contribution in [-0.2, 0) is 0 Å². The third-order valence-corrected chi connectivity index (χ3v) is 5.61. The van der Waals surface area contributed by atoms with Crippen molar-refractivity contribution in [2.75, 3.05) is 25.0 Å². The maximum absolute atomic E-state index is 12.5. The van der Waals surface area contributed by atoms with Crippen LogP contribution in [0.15, 0.2) is 59.9 Å². The number of nitrogens with one attached hydrogen (secondary N) is 2. The van der Waals surface area contributed by atoms with Gasteiger partial charge in [-0.1, -0.05) is 37.5 Å². The number of unbranched alkanes of at least 4 members (excludes halogenated alkanes) is 2. The van der Waals surface area contributed by atoms with Gasteiger partial charge in [0.25, 0.3) is 5.91 Å². The maximum Gasteiger partial charge on any atom is 0.253 e. The highest BCUT2D eigenvalue weighted by atomic mass is 16.2. The Balaban J connectivity index is 1.28. The third-order valence-electron chi connectivity index (χ3n) is 5.61. The predicted octanol–water partition coefficient (Wildman–Crippen LogP) is 4.03. The molecule has 2 heterocycles. The Bertz CT molecular complexity index is 870. The van der Waals surface area contributed by atoms with Gasteiger partial charge >= 0.3 is 0 Å². The zero-order chi connectivity index (χ0) is 21.7. The summed E-state index contributed by atoms with van der Waals surface area (Å²) in [5.74, 6) is 1.32. The number of piperidine rings is 1. The van der Waals surface area contributed by atoms with Crippen LogP contribution in [-0.4, -0.2) is 41.4 Å². The van der Waals surface area contributed by atoms with Crippen LogP contribution in [0.2, 0.25) is 0 Å². The Morgan fingerprint density at radius 3 is 2.55 bits per heavy atom. The lowest BCUT2D eigenvalue weighted by Gasteiger charge is -2.32. The SMILES string of the molecule is N#C/N=C(\NCCCCCC1CCN(C(=O)c2ccccc2)CC1)Nc1ccncc1. The van der Waals surface area contributed by atoms with Crippen molar-refractivity contribution in [1.82, 2.24) is 15.2 Å². The molecule has 1 amide bonds.